The molecule has 0 spiro atoms. The van der Waals surface area contributed by atoms with Gasteiger partial charge in [0, 0.05) is 20.2 Å². The SMILES string of the molecule is COCCNCC(c1cccc(OC)c1)C1CCCCC1. The molecule has 1 aromatic rings. The minimum Gasteiger partial charge on any atom is -0.497 e. The van der Waals surface area contributed by atoms with Gasteiger partial charge in [-0.3, -0.25) is 0 Å². The maximum Gasteiger partial charge on any atom is 0.119 e. The highest BCUT2D eigenvalue weighted by atomic mass is 16.5. The third kappa shape index (κ3) is 5.01. The zero-order valence-corrected chi connectivity index (χ0v) is 13.4. The molecule has 1 N–H and O–H groups in total. The monoisotopic (exact) mass is 291 g/mol. The highest BCUT2D eigenvalue weighted by molar-refractivity contribution is 5.31. The van der Waals surface area contributed by atoms with Crippen LogP contribution in [0.15, 0.2) is 24.3 Å². The average Bonchev–Trinajstić information content (AvgIpc) is 2.56. The van der Waals surface area contributed by atoms with E-state index in [0.717, 1.165) is 31.4 Å². The van der Waals surface area contributed by atoms with Gasteiger partial charge in [-0.1, -0.05) is 31.4 Å². The molecule has 1 aliphatic carbocycles. The van der Waals surface area contributed by atoms with Crippen LogP contribution in [0.4, 0.5) is 0 Å². The molecule has 1 aliphatic rings. The highest BCUT2D eigenvalue weighted by Crippen LogP contribution is 2.36. The maximum atomic E-state index is 5.39. The third-order valence-electron chi connectivity index (χ3n) is 4.59. The lowest BCUT2D eigenvalue weighted by molar-refractivity contribution is 0.196. The van der Waals surface area contributed by atoms with Crippen LogP contribution >= 0.6 is 0 Å². The van der Waals surface area contributed by atoms with Crippen molar-refractivity contribution in [1.82, 2.24) is 5.32 Å². The molecular weight excluding hydrogens is 262 g/mol. The number of nitrogens with one attached hydrogen (secondary N) is 1. The standard InChI is InChI=1S/C18H29NO2/c1-20-12-11-19-14-18(15-7-4-3-5-8-15)16-9-6-10-17(13-16)21-2/h6,9-10,13,15,18-19H,3-5,7-8,11-12,14H2,1-2H3. The van der Waals surface area contributed by atoms with Crippen molar-refractivity contribution in [2.45, 2.75) is 38.0 Å². The lowest BCUT2D eigenvalue weighted by atomic mass is 9.76. The topological polar surface area (TPSA) is 30.5 Å². The molecule has 1 atom stereocenters. The first-order chi connectivity index (χ1) is 10.3. The molecule has 0 aromatic heterocycles. The summed E-state index contributed by atoms with van der Waals surface area (Å²) in [5.41, 5.74) is 1.41. The molecule has 1 unspecified atom stereocenters. The smallest absolute Gasteiger partial charge is 0.119 e. The molecule has 1 saturated carbocycles. The van der Waals surface area contributed by atoms with E-state index in [-0.39, 0.29) is 0 Å². The second kappa shape index (κ2) is 9.06. The second-order valence-electron chi connectivity index (χ2n) is 5.98. The van der Waals surface area contributed by atoms with Gasteiger partial charge in [0.15, 0.2) is 0 Å². The summed E-state index contributed by atoms with van der Waals surface area (Å²) in [5.74, 6) is 2.34. The maximum absolute atomic E-state index is 5.39. The van der Waals surface area contributed by atoms with Crippen LogP contribution in [-0.2, 0) is 4.74 Å². The third-order valence-corrected chi connectivity index (χ3v) is 4.59. The first-order valence-electron chi connectivity index (χ1n) is 8.18. The Morgan fingerprint density at radius 1 is 1.19 bits per heavy atom. The highest BCUT2D eigenvalue weighted by Gasteiger charge is 2.25. The van der Waals surface area contributed by atoms with Gasteiger partial charge in [0.2, 0.25) is 0 Å². The molecule has 21 heavy (non-hydrogen) atoms. The van der Waals surface area contributed by atoms with Crippen molar-refractivity contribution in [1.29, 1.82) is 0 Å². The van der Waals surface area contributed by atoms with Gasteiger partial charge in [-0.05, 0) is 42.4 Å². The van der Waals surface area contributed by atoms with E-state index in [4.69, 9.17) is 9.47 Å². The van der Waals surface area contributed by atoms with E-state index in [9.17, 15) is 0 Å². The van der Waals surface area contributed by atoms with Gasteiger partial charge in [-0.2, -0.15) is 0 Å². The van der Waals surface area contributed by atoms with E-state index < -0.39 is 0 Å². The molecule has 0 aliphatic heterocycles. The lowest BCUT2D eigenvalue weighted by Crippen LogP contribution is -2.30. The molecule has 3 heteroatoms. The molecule has 1 aromatic carbocycles. The van der Waals surface area contributed by atoms with Gasteiger partial charge < -0.3 is 14.8 Å². The normalized spacial score (nSPS) is 17.6. The van der Waals surface area contributed by atoms with Crippen LogP contribution in [0.2, 0.25) is 0 Å². The van der Waals surface area contributed by atoms with E-state index in [1.165, 1.54) is 37.7 Å². The summed E-state index contributed by atoms with van der Waals surface area (Å²) < 4.78 is 10.5. The largest absolute Gasteiger partial charge is 0.497 e. The molecule has 118 valence electrons. The zero-order valence-electron chi connectivity index (χ0n) is 13.4. The van der Waals surface area contributed by atoms with Crippen LogP contribution in [0, 0.1) is 5.92 Å². The van der Waals surface area contributed by atoms with Gasteiger partial charge in [0.05, 0.1) is 13.7 Å². The fourth-order valence-corrected chi connectivity index (χ4v) is 3.40. The van der Waals surface area contributed by atoms with E-state index >= 15 is 0 Å². The van der Waals surface area contributed by atoms with Crippen LogP contribution in [0.5, 0.6) is 5.75 Å². The Balaban J connectivity index is 2.05. The second-order valence-corrected chi connectivity index (χ2v) is 5.98. The Bertz CT molecular complexity index is 402. The summed E-state index contributed by atoms with van der Waals surface area (Å²) >= 11 is 0. The van der Waals surface area contributed by atoms with Crippen molar-refractivity contribution in [3.8, 4) is 5.75 Å². The van der Waals surface area contributed by atoms with E-state index in [1.807, 2.05) is 6.07 Å². The van der Waals surface area contributed by atoms with Crippen LogP contribution in [0.1, 0.15) is 43.6 Å². The van der Waals surface area contributed by atoms with Crippen molar-refractivity contribution >= 4 is 0 Å². The molecule has 0 bridgehead atoms. The van der Waals surface area contributed by atoms with Gasteiger partial charge in [0.25, 0.3) is 0 Å². The van der Waals surface area contributed by atoms with Crippen LogP contribution in [0.25, 0.3) is 0 Å². The van der Waals surface area contributed by atoms with Crippen molar-refractivity contribution in [2.75, 3.05) is 33.9 Å². The Morgan fingerprint density at radius 2 is 2.00 bits per heavy atom. The van der Waals surface area contributed by atoms with E-state index in [0.29, 0.717) is 5.92 Å². The Kier molecular flexibility index (Phi) is 7.04. The number of benzene rings is 1. The summed E-state index contributed by atoms with van der Waals surface area (Å²) in [6.07, 6.45) is 6.87. The number of ether oxygens (including phenoxy) is 2. The quantitative estimate of drug-likeness (QED) is 0.742. The van der Waals surface area contributed by atoms with Crippen molar-refractivity contribution in [3.05, 3.63) is 29.8 Å². The molecular formula is C18H29NO2. The van der Waals surface area contributed by atoms with Crippen molar-refractivity contribution in [2.24, 2.45) is 5.92 Å². The van der Waals surface area contributed by atoms with Gasteiger partial charge in [0.1, 0.15) is 5.75 Å². The number of hydrogen-bond acceptors (Lipinski definition) is 3. The van der Waals surface area contributed by atoms with E-state index in [2.05, 4.69) is 23.5 Å². The van der Waals surface area contributed by atoms with Crippen LogP contribution in [0.3, 0.4) is 0 Å². The van der Waals surface area contributed by atoms with Crippen LogP contribution in [-0.4, -0.2) is 33.9 Å². The van der Waals surface area contributed by atoms with Gasteiger partial charge in [-0.15, -0.1) is 0 Å². The van der Waals surface area contributed by atoms with Crippen LogP contribution < -0.4 is 10.1 Å². The summed E-state index contributed by atoms with van der Waals surface area (Å²) in [5, 5.41) is 3.55. The zero-order chi connectivity index (χ0) is 14.9. The minimum atomic E-state index is 0.581. The summed E-state index contributed by atoms with van der Waals surface area (Å²) in [7, 11) is 3.49. The summed E-state index contributed by atoms with van der Waals surface area (Å²) in [4.78, 5) is 0. The molecule has 2 rings (SSSR count). The predicted molar refractivity (Wildman–Crippen MR) is 87.1 cm³/mol. The number of hydrogen-bond donors (Lipinski definition) is 1. The fraction of sp³-hybridized carbons (Fsp3) is 0.667. The number of rotatable bonds is 8. The lowest BCUT2D eigenvalue weighted by Gasteiger charge is -2.31. The Morgan fingerprint density at radius 3 is 2.71 bits per heavy atom. The molecule has 3 nitrogen and oxygen atoms in total. The first kappa shape index (κ1) is 16.3. The predicted octanol–water partition coefficient (Wildman–Crippen LogP) is 3.60. The van der Waals surface area contributed by atoms with Gasteiger partial charge >= 0.3 is 0 Å². The van der Waals surface area contributed by atoms with Crippen molar-refractivity contribution < 1.29 is 9.47 Å². The Labute approximate surface area is 129 Å². The summed E-state index contributed by atoms with van der Waals surface area (Å²) in [6, 6.07) is 8.59. The first-order valence-corrected chi connectivity index (χ1v) is 8.18. The number of methoxy groups -OCH3 is 2. The minimum absolute atomic E-state index is 0.581. The molecule has 0 radical (unpaired) electrons. The molecule has 0 saturated heterocycles. The fourth-order valence-electron chi connectivity index (χ4n) is 3.40. The average molecular weight is 291 g/mol. The van der Waals surface area contributed by atoms with E-state index in [1.54, 1.807) is 14.2 Å². The Hall–Kier alpha value is -1.06. The molecule has 1 fully saturated rings. The molecule has 0 heterocycles. The van der Waals surface area contributed by atoms with Crippen molar-refractivity contribution in [3.63, 3.8) is 0 Å². The van der Waals surface area contributed by atoms with Gasteiger partial charge in [-0.25, -0.2) is 0 Å². The molecule has 0 amide bonds. The summed E-state index contributed by atoms with van der Waals surface area (Å²) in [6.45, 7) is 2.72.